The molecule has 7 heteroatoms. The van der Waals surface area contributed by atoms with Crippen LogP contribution in [0.3, 0.4) is 0 Å². The highest BCUT2D eigenvalue weighted by Crippen LogP contribution is 2.25. The van der Waals surface area contributed by atoms with Crippen LogP contribution in [-0.2, 0) is 5.41 Å². The molecule has 2 aromatic heterocycles. The summed E-state index contributed by atoms with van der Waals surface area (Å²) in [6, 6.07) is 9.14. The SMILES string of the molecule is C#Cc1cccc(Nc2nc(C(=O)Nc3cc(C(C)(C)C)on3)cs2)c1. The van der Waals surface area contributed by atoms with E-state index >= 15 is 0 Å². The Labute approximate surface area is 155 Å². The molecule has 0 spiro atoms. The van der Waals surface area contributed by atoms with Crippen LogP contribution in [0, 0.1) is 12.3 Å². The van der Waals surface area contributed by atoms with Crippen molar-refractivity contribution in [3.8, 4) is 12.3 Å². The second-order valence-corrected chi connectivity index (χ2v) is 7.53. The van der Waals surface area contributed by atoms with Crippen LogP contribution < -0.4 is 10.6 Å². The number of carbonyl (C=O) groups excluding carboxylic acids is 1. The van der Waals surface area contributed by atoms with Crippen molar-refractivity contribution in [1.29, 1.82) is 0 Å². The molecule has 0 fully saturated rings. The van der Waals surface area contributed by atoms with E-state index in [-0.39, 0.29) is 11.3 Å². The lowest BCUT2D eigenvalue weighted by Crippen LogP contribution is -2.13. The van der Waals surface area contributed by atoms with Gasteiger partial charge in [-0.1, -0.05) is 37.9 Å². The highest BCUT2D eigenvalue weighted by molar-refractivity contribution is 7.14. The third kappa shape index (κ3) is 4.10. The van der Waals surface area contributed by atoms with Crippen molar-refractivity contribution in [2.45, 2.75) is 26.2 Å². The zero-order valence-electron chi connectivity index (χ0n) is 14.7. The second-order valence-electron chi connectivity index (χ2n) is 6.67. The first kappa shape index (κ1) is 17.7. The van der Waals surface area contributed by atoms with Gasteiger partial charge in [0.1, 0.15) is 11.5 Å². The number of benzene rings is 1. The fourth-order valence-corrected chi connectivity index (χ4v) is 2.82. The normalized spacial score (nSPS) is 11.0. The monoisotopic (exact) mass is 366 g/mol. The molecule has 3 rings (SSSR count). The number of rotatable bonds is 4. The highest BCUT2D eigenvalue weighted by Gasteiger charge is 2.21. The summed E-state index contributed by atoms with van der Waals surface area (Å²) in [5.41, 5.74) is 1.70. The number of nitrogens with one attached hydrogen (secondary N) is 2. The van der Waals surface area contributed by atoms with E-state index in [1.165, 1.54) is 11.3 Å². The quantitative estimate of drug-likeness (QED) is 0.669. The molecular weight excluding hydrogens is 348 g/mol. The largest absolute Gasteiger partial charge is 0.359 e. The summed E-state index contributed by atoms with van der Waals surface area (Å²) in [7, 11) is 0. The van der Waals surface area contributed by atoms with Gasteiger partial charge in [-0.3, -0.25) is 4.79 Å². The summed E-state index contributed by atoms with van der Waals surface area (Å²) < 4.78 is 5.26. The van der Waals surface area contributed by atoms with Gasteiger partial charge < -0.3 is 15.2 Å². The lowest BCUT2D eigenvalue weighted by molar-refractivity contribution is 0.102. The van der Waals surface area contributed by atoms with E-state index in [9.17, 15) is 4.79 Å². The maximum atomic E-state index is 12.3. The Balaban J connectivity index is 1.68. The van der Waals surface area contributed by atoms with E-state index in [4.69, 9.17) is 10.9 Å². The van der Waals surface area contributed by atoms with Gasteiger partial charge >= 0.3 is 0 Å². The van der Waals surface area contributed by atoms with E-state index in [2.05, 4.69) is 26.7 Å². The number of thiazole rings is 1. The van der Waals surface area contributed by atoms with Gasteiger partial charge in [-0.05, 0) is 18.2 Å². The minimum absolute atomic E-state index is 0.180. The van der Waals surface area contributed by atoms with E-state index in [1.807, 2.05) is 45.0 Å². The van der Waals surface area contributed by atoms with Crippen molar-refractivity contribution < 1.29 is 9.32 Å². The molecule has 132 valence electrons. The first-order valence-corrected chi connectivity index (χ1v) is 8.81. The predicted molar refractivity (Wildman–Crippen MR) is 103 cm³/mol. The Bertz CT molecular complexity index is 976. The topological polar surface area (TPSA) is 80.0 Å². The van der Waals surface area contributed by atoms with E-state index < -0.39 is 0 Å². The number of hydrogen-bond donors (Lipinski definition) is 2. The first-order valence-electron chi connectivity index (χ1n) is 7.93. The fraction of sp³-hybridized carbons (Fsp3) is 0.211. The van der Waals surface area contributed by atoms with Gasteiger partial charge in [0.2, 0.25) is 0 Å². The molecule has 1 aromatic carbocycles. The van der Waals surface area contributed by atoms with Crippen molar-refractivity contribution in [1.82, 2.24) is 10.1 Å². The minimum atomic E-state index is -0.347. The van der Waals surface area contributed by atoms with Gasteiger partial charge in [0, 0.05) is 28.1 Å². The Morgan fingerprint density at radius 3 is 2.81 bits per heavy atom. The third-order valence-electron chi connectivity index (χ3n) is 3.51. The molecule has 0 atom stereocenters. The van der Waals surface area contributed by atoms with Crippen molar-refractivity contribution >= 4 is 33.9 Å². The lowest BCUT2D eigenvalue weighted by Gasteiger charge is -2.11. The fourth-order valence-electron chi connectivity index (χ4n) is 2.11. The van der Waals surface area contributed by atoms with E-state index in [1.54, 1.807) is 11.4 Å². The molecule has 1 amide bonds. The standard InChI is InChI=1S/C19H18N4O2S/c1-5-12-7-6-8-13(9-12)20-18-21-14(11-26-18)17(24)22-16-10-15(25-23-16)19(2,3)4/h1,6-11H,2-4H3,(H,20,21)(H,22,23,24). The lowest BCUT2D eigenvalue weighted by atomic mass is 9.93. The summed E-state index contributed by atoms with van der Waals surface area (Å²) in [5.74, 6) is 3.29. The molecule has 26 heavy (non-hydrogen) atoms. The molecule has 0 radical (unpaired) electrons. The van der Waals surface area contributed by atoms with Gasteiger partial charge in [0.25, 0.3) is 5.91 Å². The third-order valence-corrected chi connectivity index (χ3v) is 4.27. The van der Waals surface area contributed by atoms with Crippen LogP contribution in [0.2, 0.25) is 0 Å². The van der Waals surface area contributed by atoms with E-state index in [0.29, 0.717) is 22.4 Å². The molecule has 0 aliphatic rings. The van der Waals surface area contributed by atoms with Gasteiger partial charge in [-0.15, -0.1) is 17.8 Å². The van der Waals surface area contributed by atoms with Gasteiger partial charge in [0.05, 0.1) is 0 Å². The number of nitrogens with zero attached hydrogens (tertiary/aromatic N) is 2. The molecule has 6 nitrogen and oxygen atoms in total. The number of hydrogen-bond acceptors (Lipinski definition) is 6. The molecule has 2 heterocycles. The zero-order valence-corrected chi connectivity index (χ0v) is 15.5. The van der Waals surface area contributed by atoms with Crippen molar-refractivity contribution in [3.05, 3.63) is 52.7 Å². The molecule has 0 bridgehead atoms. The molecule has 0 unspecified atom stereocenters. The summed E-state index contributed by atoms with van der Waals surface area (Å²) in [5, 5.41) is 12.0. The Hall–Kier alpha value is -3.11. The molecule has 0 aliphatic carbocycles. The first-order chi connectivity index (χ1) is 12.3. The second kappa shape index (κ2) is 7.02. The van der Waals surface area contributed by atoms with Crippen LogP contribution in [0.25, 0.3) is 0 Å². The number of aromatic nitrogens is 2. The van der Waals surface area contributed by atoms with Crippen molar-refractivity contribution in [2.75, 3.05) is 10.6 Å². The summed E-state index contributed by atoms with van der Waals surface area (Å²) >= 11 is 1.33. The summed E-state index contributed by atoms with van der Waals surface area (Å²) in [4.78, 5) is 16.6. The minimum Gasteiger partial charge on any atom is -0.359 e. The molecular formula is C19H18N4O2S. The Kier molecular flexibility index (Phi) is 4.78. The Morgan fingerprint density at radius 2 is 2.12 bits per heavy atom. The molecule has 0 saturated heterocycles. The van der Waals surface area contributed by atoms with Crippen LogP contribution in [-0.4, -0.2) is 16.0 Å². The van der Waals surface area contributed by atoms with Crippen LogP contribution in [0.15, 0.2) is 40.2 Å². The van der Waals surface area contributed by atoms with Crippen LogP contribution in [0.5, 0.6) is 0 Å². The molecule has 0 aliphatic heterocycles. The predicted octanol–water partition coefficient (Wildman–Crippen LogP) is 4.41. The summed E-state index contributed by atoms with van der Waals surface area (Å²) in [6.45, 7) is 6.02. The van der Waals surface area contributed by atoms with E-state index in [0.717, 1.165) is 11.3 Å². The van der Waals surface area contributed by atoms with Gasteiger partial charge in [0.15, 0.2) is 10.9 Å². The average Bonchev–Trinajstić information content (AvgIpc) is 3.24. The van der Waals surface area contributed by atoms with Gasteiger partial charge in [-0.2, -0.15) is 0 Å². The van der Waals surface area contributed by atoms with Crippen molar-refractivity contribution in [3.63, 3.8) is 0 Å². The molecule has 3 aromatic rings. The maximum Gasteiger partial charge on any atom is 0.276 e. The number of carbonyl (C=O) groups is 1. The molecule has 2 N–H and O–H groups in total. The van der Waals surface area contributed by atoms with Gasteiger partial charge in [-0.25, -0.2) is 4.98 Å². The number of terminal acetylenes is 1. The Morgan fingerprint density at radius 1 is 1.31 bits per heavy atom. The zero-order chi connectivity index (χ0) is 18.7. The smallest absolute Gasteiger partial charge is 0.276 e. The van der Waals surface area contributed by atoms with Crippen LogP contribution in [0.4, 0.5) is 16.6 Å². The van der Waals surface area contributed by atoms with Crippen molar-refractivity contribution in [2.24, 2.45) is 0 Å². The summed E-state index contributed by atoms with van der Waals surface area (Å²) in [6.07, 6.45) is 5.40. The van der Waals surface area contributed by atoms with Crippen LogP contribution in [0.1, 0.15) is 42.6 Å². The highest BCUT2D eigenvalue weighted by atomic mass is 32.1. The molecule has 0 saturated carbocycles. The number of anilines is 3. The number of amides is 1. The maximum absolute atomic E-state index is 12.3. The average molecular weight is 366 g/mol. The van der Waals surface area contributed by atoms with Crippen LogP contribution >= 0.6 is 11.3 Å².